The van der Waals surface area contributed by atoms with Gasteiger partial charge in [-0.3, -0.25) is 4.99 Å². The lowest BCUT2D eigenvalue weighted by Crippen LogP contribution is -2.17. The van der Waals surface area contributed by atoms with Crippen molar-refractivity contribution in [2.24, 2.45) is 10.7 Å². The number of aliphatic imine (C=N–C) groups is 1. The Balaban J connectivity index is 1.68. The lowest BCUT2D eigenvalue weighted by molar-refractivity contribution is 0.393. The smallest absolute Gasteiger partial charge is 0.154 e. The molecular formula is C24H28N4OS. The molecule has 0 spiro atoms. The Bertz CT molecular complexity index is 1070. The minimum atomic E-state index is 0.128. The normalized spacial score (nSPS) is 18.5. The minimum absolute atomic E-state index is 0.128. The van der Waals surface area contributed by atoms with Crippen LogP contribution in [0.1, 0.15) is 42.5 Å². The molecule has 3 aromatic rings. The summed E-state index contributed by atoms with van der Waals surface area (Å²) in [5.41, 5.74) is 13.8. The van der Waals surface area contributed by atoms with E-state index < -0.39 is 0 Å². The molecule has 0 radical (unpaired) electrons. The second-order valence-corrected chi connectivity index (χ2v) is 9.17. The first-order valence-corrected chi connectivity index (χ1v) is 11.2. The van der Waals surface area contributed by atoms with Crippen LogP contribution in [0.25, 0.3) is 11.1 Å². The number of aryl methyl sites for hydroxylation is 3. The van der Waals surface area contributed by atoms with E-state index in [-0.39, 0.29) is 6.04 Å². The van der Waals surface area contributed by atoms with E-state index in [0.29, 0.717) is 10.4 Å². The summed E-state index contributed by atoms with van der Waals surface area (Å²) in [5, 5.41) is 5.16. The quantitative estimate of drug-likeness (QED) is 0.555. The molecule has 2 heterocycles. The fourth-order valence-corrected chi connectivity index (χ4v) is 5.07. The van der Waals surface area contributed by atoms with Crippen LogP contribution in [0, 0.1) is 20.8 Å². The predicted molar refractivity (Wildman–Crippen MR) is 127 cm³/mol. The topological polar surface area (TPSA) is 67.7 Å². The van der Waals surface area contributed by atoms with Gasteiger partial charge in [-0.2, -0.15) is 0 Å². The minimum Gasteiger partial charge on any atom is -0.379 e. The van der Waals surface area contributed by atoms with Gasteiger partial charge in [0.05, 0.1) is 11.7 Å². The number of hydrogen-bond donors (Lipinski definition) is 1. The summed E-state index contributed by atoms with van der Waals surface area (Å²) in [7, 11) is 0. The maximum absolute atomic E-state index is 5.91. The van der Waals surface area contributed by atoms with E-state index >= 15 is 0 Å². The molecule has 1 aliphatic rings. The molecule has 2 atom stereocenters. The Kier molecular flexibility index (Phi) is 5.60. The van der Waals surface area contributed by atoms with Crippen LogP contribution in [0.4, 0.5) is 11.4 Å². The summed E-state index contributed by atoms with van der Waals surface area (Å²) >= 11 is 1.64. The Hall–Kier alpha value is -2.73. The number of hydrogen-bond acceptors (Lipinski definition) is 6. The number of amidine groups is 1. The van der Waals surface area contributed by atoms with E-state index in [1.54, 1.807) is 11.8 Å². The number of thioether (sulfide) groups is 1. The first-order valence-electron chi connectivity index (χ1n) is 10.3. The SMILES string of the molecule is CCN(c1ccc(C2N=C(N)SC2C)cc1)c1cc(-c2c(C)noc2C)ccc1C. The Morgan fingerprint density at radius 1 is 1.10 bits per heavy atom. The average molecular weight is 421 g/mol. The van der Waals surface area contributed by atoms with Gasteiger partial charge < -0.3 is 15.2 Å². The zero-order valence-corrected chi connectivity index (χ0v) is 19.0. The van der Waals surface area contributed by atoms with Crippen molar-refractivity contribution in [3.8, 4) is 11.1 Å². The highest BCUT2D eigenvalue weighted by Gasteiger charge is 2.26. The molecule has 0 aliphatic carbocycles. The summed E-state index contributed by atoms with van der Waals surface area (Å²) in [6.45, 7) is 11.3. The summed E-state index contributed by atoms with van der Waals surface area (Å²) in [5.74, 6) is 0.845. The van der Waals surface area contributed by atoms with E-state index in [0.717, 1.165) is 34.8 Å². The van der Waals surface area contributed by atoms with E-state index in [4.69, 9.17) is 10.3 Å². The molecule has 0 saturated heterocycles. The van der Waals surface area contributed by atoms with Gasteiger partial charge in [0, 0.05) is 28.7 Å². The molecule has 2 unspecified atom stereocenters. The molecule has 1 aromatic heterocycles. The highest BCUT2D eigenvalue weighted by molar-refractivity contribution is 8.14. The molecule has 0 saturated carbocycles. The van der Waals surface area contributed by atoms with Crippen molar-refractivity contribution in [1.29, 1.82) is 0 Å². The molecule has 0 fully saturated rings. The molecule has 2 aromatic carbocycles. The number of benzene rings is 2. The van der Waals surface area contributed by atoms with Gasteiger partial charge >= 0.3 is 0 Å². The lowest BCUT2D eigenvalue weighted by atomic mass is 10.00. The largest absolute Gasteiger partial charge is 0.379 e. The molecule has 0 bridgehead atoms. The Morgan fingerprint density at radius 2 is 1.83 bits per heavy atom. The molecule has 156 valence electrons. The molecule has 5 nitrogen and oxygen atoms in total. The van der Waals surface area contributed by atoms with E-state index in [9.17, 15) is 0 Å². The van der Waals surface area contributed by atoms with Gasteiger partial charge in [0.15, 0.2) is 5.17 Å². The molecule has 2 N–H and O–H groups in total. The molecule has 30 heavy (non-hydrogen) atoms. The van der Waals surface area contributed by atoms with E-state index in [2.05, 4.69) is 78.3 Å². The summed E-state index contributed by atoms with van der Waals surface area (Å²) in [6.07, 6.45) is 0. The molecule has 6 heteroatoms. The lowest BCUT2D eigenvalue weighted by Gasteiger charge is -2.26. The maximum atomic E-state index is 5.91. The first kappa shape index (κ1) is 20.5. The number of nitrogens with two attached hydrogens (primary N) is 1. The third kappa shape index (κ3) is 3.72. The summed E-state index contributed by atoms with van der Waals surface area (Å²) in [4.78, 5) is 6.93. The van der Waals surface area contributed by atoms with Crippen molar-refractivity contribution in [2.45, 2.75) is 45.9 Å². The van der Waals surface area contributed by atoms with Crippen molar-refractivity contribution in [3.05, 3.63) is 65.0 Å². The average Bonchev–Trinajstić information content (AvgIpc) is 3.24. The van der Waals surface area contributed by atoms with Gasteiger partial charge in [-0.05, 0) is 62.6 Å². The fraction of sp³-hybridized carbons (Fsp3) is 0.333. The molecule has 4 rings (SSSR count). The zero-order chi connectivity index (χ0) is 21.4. The van der Waals surface area contributed by atoms with Crippen LogP contribution < -0.4 is 10.6 Å². The van der Waals surface area contributed by atoms with Crippen LogP contribution >= 0.6 is 11.8 Å². The molecule has 0 amide bonds. The van der Waals surface area contributed by atoms with Crippen LogP contribution in [-0.4, -0.2) is 22.1 Å². The van der Waals surface area contributed by atoms with Gasteiger partial charge in [0.2, 0.25) is 0 Å². The zero-order valence-electron chi connectivity index (χ0n) is 18.1. The predicted octanol–water partition coefficient (Wildman–Crippen LogP) is 5.92. The summed E-state index contributed by atoms with van der Waals surface area (Å²) in [6, 6.07) is 15.4. The van der Waals surface area contributed by atoms with Crippen LogP contribution in [0.3, 0.4) is 0 Å². The highest BCUT2D eigenvalue weighted by atomic mass is 32.2. The van der Waals surface area contributed by atoms with Gasteiger partial charge in [-0.1, -0.05) is 48.1 Å². The number of anilines is 2. The van der Waals surface area contributed by atoms with Crippen LogP contribution in [0.2, 0.25) is 0 Å². The highest BCUT2D eigenvalue weighted by Crippen LogP contribution is 2.38. The molecular weight excluding hydrogens is 392 g/mol. The maximum Gasteiger partial charge on any atom is 0.154 e. The van der Waals surface area contributed by atoms with Crippen molar-refractivity contribution < 1.29 is 4.52 Å². The monoisotopic (exact) mass is 420 g/mol. The second kappa shape index (κ2) is 8.19. The van der Waals surface area contributed by atoms with Crippen molar-refractivity contribution in [1.82, 2.24) is 5.16 Å². The van der Waals surface area contributed by atoms with E-state index in [1.165, 1.54) is 16.8 Å². The summed E-state index contributed by atoms with van der Waals surface area (Å²) < 4.78 is 5.38. The first-order chi connectivity index (χ1) is 14.4. The van der Waals surface area contributed by atoms with Crippen molar-refractivity contribution >= 4 is 28.3 Å². The Labute approximate surface area is 182 Å². The van der Waals surface area contributed by atoms with Gasteiger partial charge in [0.25, 0.3) is 0 Å². The molecule has 1 aliphatic heterocycles. The fourth-order valence-electron chi connectivity index (χ4n) is 4.17. The van der Waals surface area contributed by atoms with E-state index in [1.807, 2.05) is 13.8 Å². The second-order valence-electron chi connectivity index (χ2n) is 7.77. The van der Waals surface area contributed by atoms with Gasteiger partial charge in [0.1, 0.15) is 5.76 Å². The van der Waals surface area contributed by atoms with Gasteiger partial charge in [-0.15, -0.1) is 0 Å². The van der Waals surface area contributed by atoms with Crippen molar-refractivity contribution in [3.63, 3.8) is 0 Å². The number of aromatic nitrogens is 1. The van der Waals surface area contributed by atoms with Crippen LogP contribution in [-0.2, 0) is 0 Å². The number of rotatable bonds is 5. The number of nitrogens with zero attached hydrogens (tertiary/aromatic N) is 3. The third-order valence-corrected chi connectivity index (χ3v) is 6.68. The van der Waals surface area contributed by atoms with Crippen LogP contribution in [0.15, 0.2) is 52.0 Å². The van der Waals surface area contributed by atoms with Crippen molar-refractivity contribution in [2.75, 3.05) is 11.4 Å². The standard InChI is InChI=1S/C24H28N4OS/c1-6-28(20-11-9-18(10-12-20)23-17(5)30-24(25)26-23)21-13-19(8-7-14(21)2)22-15(3)27-29-16(22)4/h7-13,17,23H,6H2,1-5H3,(H2,25,26). The third-order valence-electron chi connectivity index (χ3n) is 5.70. The Morgan fingerprint density at radius 3 is 2.40 bits per heavy atom. The van der Waals surface area contributed by atoms with Crippen LogP contribution in [0.5, 0.6) is 0 Å². The van der Waals surface area contributed by atoms with Gasteiger partial charge in [-0.25, -0.2) is 0 Å².